The van der Waals surface area contributed by atoms with E-state index in [0.717, 1.165) is 21.8 Å². The minimum Gasteiger partial charge on any atom is -0.497 e. The second-order valence-electron chi connectivity index (χ2n) is 6.99. The third-order valence-corrected chi connectivity index (χ3v) is 5.91. The van der Waals surface area contributed by atoms with Crippen LogP contribution >= 0.6 is 11.3 Å². The van der Waals surface area contributed by atoms with Crippen molar-refractivity contribution in [3.63, 3.8) is 0 Å². The average Bonchev–Trinajstić information content (AvgIpc) is 3.27. The molecule has 1 aromatic heterocycles. The second-order valence-corrected chi connectivity index (χ2v) is 8.02. The highest BCUT2D eigenvalue weighted by atomic mass is 32.1. The van der Waals surface area contributed by atoms with Crippen molar-refractivity contribution in [2.24, 2.45) is 0 Å². The summed E-state index contributed by atoms with van der Waals surface area (Å²) in [5, 5.41) is 4.40. The van der Waals surface area contributed by atoms with Crippen molar-refractivity contribution >= 4 is 28.0 Å². The first-order valence-electron chi connectivity index (χ1n) is 9.62. The van der Waals surface area contributed by atoms with Crippen LogP contribution in [-0.4, -0.2) is 17.9 Å². The number of nitrogens with zero attached hydrogens (tertiary/aromatic N) is 1. The molecule has 0 atom stereocenters. The van der Waals surface area contributed by atoms with Crippen LogP contribution in [0, 0.1) is 0 Å². The van der Waals surface area contributed by atoms with Gasteiger partial charge in [-0.2, -0.15) is 0 Å². The standard InChI is InChI=1S/C25H23NO2S/c1-28-22-13-11-19(12-14-22)17-26(25(27)16-23-9-5-15-29-23)18-21-8-4-7-20-6-2-3-10-24(20)21/h2-15H,16-18H2,1H3. The summed E-state index contributed by atoms with van der Waals surface area (Å²) in [6, 6.07) is 26.5. The molecule has 4 aromatic rings. The SMILES string of the molecule is COc1ccc(CN(Cc2cccc3ccccc23)C(=O)Cc2cccs2)cc1. The largest absolute Gasteiger partial charge is 0.497 e. The van der Waals surface area contributed by atoms with Crippen LogP contribution in [-0.2, 0) is 24.3 Å². The van der Waals surface area contributed by atoms with E-state index in [2.05, 4.69) is 30.3 Å². The number of amides is 1. The molecule has 3 nitrogen and oxygen atoms in total. The van der Waals surface area contributed by atoms with Gasteiger partial charge in [0.05, 0.1) is 13.5 Å². The van der Waals surface area contributed by atoms with E-state index in [1.54, 1.807) is 18.4 Å². The minimum atomic E-state index is 0.135. The molecule has 29 heavy (non-hydrogen) atoms. The van der Waals surface area contributed by atoms with Crippen molar-refractivity contribution in [1.82, 2.24) is 4.90 Å². The van der Waals surface area contributed by atoms with Gasteiger partial charge in [0.25, 0.3) is 0 Å². The molecule has 0 aliphatic rings. The predicted octanol–water partition coefficient (Wildman–Crippen LogP) is 5.68. The molecule has 0 fully saturated rings. The molecule has 0 aliphatic heterocycles. The zero-order valence-corrected chi connectivity index (χ0v) is 17.2. The Kier molecular flexibility index (Phi) is 5.92. The van der Waals surface area contributed by atoms with Gasteiger partial charge in [-0.1, -0.05) is 60.7 Å². The number of methoxy groups -OCH3 is 1. The summed E-state index contributed by atoms with van der Waals surface area (Å²) < 4.78 is 5.26. The van der Waals surface area contributed by atoms with Crippen LogP contribution in [0.2, 0.25) is 0 Å². The molecule has 0 bridgehead atoms. The maximum absolute atomic E-state index is 13.2. The third-order valence-electron chi connectivity index (χ3n) is 5.03. The first kappa shape index (κ1) is 19.2. The summed E-state index contributed by atoms with van der Waals surface area (Å²) in [6.07, 6.45) is 0.429. The summed E-state index contributed by atoms with van der Waals surface area (Å²) in [6.45, 7) is 1.15. The molecule has 0 saturated carbocycles. The summed E-state index contributed by atoms with van der Waals surface area (Å²) in [7, 11) is 1.66. The first-order chi connectivity index (χ1) is 14.2. The fourth-order valence-corrected chi connectivity index (χ4v) is 4.19. The zero-order chi connectivity index (χ0) is 20.1. The van der Waals surface area contributed by atoms with Gasteiger partial charge in [-0.05, 0) is 45.5 Å². The van der Waals surface area contributed by atoms with Gasteiger partial charge in [0.1, 0.15) is 5.75 Å². The monoisotopic (exact) mass is 401 g/mol. The highest BCUT2D eigenvalue weighted by Crippen LogP contribution is 2.22. The Bertz CT molecular complexity index is 1080. The number of fused-ring (bicyclic) bond motifs is 1. The van der Waals surface area contributed by atoms with Crippen LogP contribution in [0.5, 0.6) is 5.75 Å². The number of carbonyl (C=O) groups is 1. The van der Waals surface area contributed by atoms with Crippen LogP contribution in [0.3, 0.4) is 0 Å². The number of benzene rings is 3. The Morgan fingerprint density at radius 2 is 1.69 bits per heavy atom. The molecule has 0 radical (unpaired) electrons. The number of rotatable bonds is 7. The summed E-state index contributed by atoms with van der Waals surface area (Å²) in [4.78, 5) is 16.2. The fourth-order valence-electron chi connectivity index (χ4n) is 3.49. The molecule has 0 unspecified atom stereocenters. The normalized spacial score (nSPS) is 10.8. The molecular weight excluding hydrogens is 378 g/mol. The minimum absolute atomic E-state index is 0.135. The molecule has 4 heteroatoms. The van der Waals surface area contributed by atoms with Crippen LogP contribution in [0.4, 0.5) is 0 Å². The fraction of sp³-hybridized carbons (Fsp3) is 0.160. The molecule has 0 N–H and O–H groups in total. The van der Waals surface area contributed by atoms with Gasteiger partial charge < -0.3 is 9.64 Å². The van der Waals surface area contributed by atoms with Crippen molar-refractivity contribution < 1.29 is 9.53 Å². The summed E-state index contributed by atoms with van der Waals surface area (Å²) >= 11 is 1.62. The Hall–Kier alpha value is -3.11. The summed E-state index contributed by atoms with van der Waals surface area (Å²) in [5.74, 6) is 0.954. The van der Waals surface area contributed by atoms with Crippen LogP contribution in [0.25, 0.3) is 10.8 Å². The average molecular weight is 402 g/mol. The van der Waals surface area contributed by atoms with E-state index in [4.69, 9.17) is 4.74 Å². The quantitative estimate of drug-likeness (QED) is 0.399. The van der Waals surface area contributed by atoms with Crippen LogP contribution in [0.15, 0.2) is 84.2 Å². The van der Waals surface area contributed by atoms with Gasteiger partial charge in [0, 0.05) is 18.0 Å². The molecular formula is C25H23NO2S. The first-order valence-corrected chi connectivity index (χ1v) is 10.5. The lowest BCUT2D eigenvalue weighted by Gasteiger charge is -2.24. The molecule has 0 spiro atoms. The third kappa shape index (κ3) is 4.66. The van der Waals surface area contributed by atoms with E-state index in [9.17, 15) is 4.79 Å². The molecule has 0 aliphatic carbocycles. The second kappa shape index (κ2) is 8.93. The number of hydrogen-bond donors (Lipinski definition) is 0. The molecule has 4 rings (SSSR count). The number of thiophene rings is 1. The molecule has 1 heterocycles. The van der Waals surface area contributed by atoms with Gasteiger partial charge in [-0.25, -0.2) is 0 Å². The van der Waals surface area contributed by atoms with Crippen molar-refractivity contribution in [2.45, 2.75) is 19.5 Å². The smallest absolute Gasteiger partial charge is 0.228 e. The van der Waals surface area contributed by atoms with E-state index in [1.165, 1.54) is 10.8 Å². The lowest BCUT2D eigenvalue weighted by Crippen LogP contribution is -2.31. The predicted molar refractivity (Wildman–Crippen MR) is 119 cm³/mol. The van der Waals surface area contributed by atoms with Crippen LogP contribution < -0.4 is 4.74 Å². The molecule has 1 amide bonds. The lowest BCUT2D eigenvalue weighted by molar-refractivity contribution is -0.131. The number of hydrogen-bond acceptors (Lipinski definition) is 3. The van der Waals surface area contributed by atoms with E-state index in [0.29, 0.717) is 19.5 Å². The maximum Gasteiger partial charge on any atom is 0.228 e. The van der Waals surface area contributed by atoms with Gasteiger partial charge in [-0.15, -0.1) is 11.3 Å². The Morgan fingerprint density at radius 1 is 0.897 bits per heavy atom. The Morgan fingerprint density at radius 3 is 2.45 bits per heavy atom. The van der Waals surface area contributed by atoms with E-state index < -0.39 is 0 Å². The van der Waals surface area contributed by atoms with Gasteiger partial charge >= 0.3 is 0 Å². The molecule has 3 aromatic carbocycles. The molecule has 0 saturated heterocycles. The highest BCUT2D eigenvalue weighted by molar-refractivity contribution is 7.10. The van der Waals surface area contributed by atoms with Crippen molar-refractivity contribution in [1.29, 1.82) is 0 Å². The van der Waals surface area contributed by atoms with Crippen molar-refractivity contribution in [2.75, 3.05) is 7.11 Å². The molecule has 146 valence electrons. The lowest BCUT2D eigenvalue weighted by atomic mass is 10.0. The number of ether oxygens (including phenoxy) is 1. The Labute approximate surface area is 175 Å². The van der Waals surface area contributed by atoms with Crippen molar-refractivity contribution in [3.8, 4) is 5.75 Å². The van der Waals surface area contributed by atoms with Gasteiger partial charge in [0.15, 0.2) is 0 Å². The van der Waals surface area contributed by atoms with Crippen molar-refractivity contribution in [3.05, 3.63) is 100 Å². The number of carbonyl (C=O) groups excluding carboxylic acids is 1. The van der Waals surface area contributed by atoms with E-state index >= 15 is 0 Å². The van der Waals surface area contributed by atoms with Crippen LogP contribution in [0.1, 0.15) is 16.0 Å². The van der Waals surface area contributed by atoms with Gasteiger partial charge in [0.2, 0.25) is 5.91 Å². The van der Waals surface area contributed by atoms with E-state index in [-0.39, 0.29) is 5.91 Å². The summed E-state index contributed by atoms with van der Waals surface area (Å²) in [5.41, 5.74) is 2.25. The Balaban J connectivity index is 1.62. The topological polar surface area (TPSA) is 29.5 Å². The van der Waals surface area contributed by atoms with E-state index in [1.807, 2.05) is 58.8 Å². The maximum atomic E-state index is 13.2. The zero-order valence-electron chi connectivity index (χ0n) is 16.4. The highest BCUT2D eigenvalue weighted by Gasteiger charge is 2.17. The van der Waals surface area contributed by atoms with Gasteiger partial charge in [-0.3, -0.25) is 4.79 Å².